The molecular weight excluding hydrogens is 194 g/mol. The molecule has 0 aliphatic carbocycles. The summed E-state index contributed by atoms with van der Waals surface area (Å²) < 4.78 is 0. The highest BCUT2D eigenvalue weighted by Crippen LogP contribution is 2.05. The molecule has 0 aromatic heterocycles. The fourth-order valence-corrected chi connectivity index (χ4v) is 1.57. The highest BCUT2D eigenvalue weighted by Gasteiger charge is 1.91. The fourth-order valence-electron chi connectivity index (χ4n) is 1.57. The zero-order chi connectivity index (χ0) is 11.8. The molecule has 1 N–H and O–H groups in total. The van der Waals surface area contributed by atoms with E-state index >= 15 is 0 Å². The quantitative estimate of drug-likeness (QED) is 0.717. The van der Waals surface area contributed by atoms with Gasteiger partial charge in [0.2, 0.25) is 0 Å². The molecule has 0 saturated heterocycles. The van der Waals surface area contributed by atoms with Crippen LogP contribution in [0, 0.1) is 12.8 Å². The Kier molecular flexibility index (Phi) is 5.87. The number of rotatable bonds is 6. The van der Waals surface area contributed by atoms with Crippen LogP contribution in [0.5, 0.6) is 0 Å². The summed E-state index contributed by atoms with van der Waals surface area (Å²) in [6.07, 6.45) is 5.53. The highest BCUT2D eigenvalue weighted by atomic mass is 14.8. The lowest BCUT2D eigenvalue weighted by molar-refractivity contribution is 0.557. The molecule has 88 valence electrons. The minimum Gasteiger partial charge on any atom is -0.316 e. The van der Waals surface area contributed by atoms with Gasteiger partial charge in [0.1, 0.15) is 0 Å². The highest BCUT2D eigenvalue weighted by molar-refractivity contribution is 5.49. The molecule has 1 rings (SSSR count). The van der Waals surface area contributed by atoms with Gasteiger partial charge in [-0.05, 0) is 37.9 Å². The SMILES string of the molecule is Cc1cccc(C=CCCNCC(C)C)c1. The number of aryl methyl sites for hydroxylation is 1. The van der Waals surface area contributed by atoms with Crippen molar-refractivity contribution >= 4 is 6.08 Å². The zero-order valence-corrected chi connectivity index (χ0v) is 10.7. The van der Waals surface area contributed by atoms with Crippen LogP contribution in [-0.2, 0) is 0 Å². The van der Waals surface area contributed by atoms with E-state index in [1.807, 2.05) is 0 Å². The van der Waals surface area contributed by atoms with Gasteiger partial charge in [0.15, 0.2) is 0 Å². The molecule has 1 nitrogen and oxygen atoms in total. The number of benzene rings is 1. The summed E-state index contributed by atoms with van der Waals surface area (Å²) in [5.74, 6) is 0.737. The Morgan fingerprint density at radius 3 is 2.81 bits per heavy atom. The monoisotopic (exact) mass is 217 g/mol. The van der Waals surface area contributed by atoms with Gasteiger partial charge in [-0.15, -0.1) is 0 Å². The largest absolute Gasteiger partial charge is 0.316 e. The molecule has 0 amide bonds. The molecule has 0 bridgehead atoms. The fraction of sp³-hybridized carbons (Fsp3) is 0.467. The molecule has 16 heavy (non-hydrogen) atoms. The predicted octanol–water partition coefficient (Wildman–Crippen LogP) is 3.64. The first kappa shape index (κ1) is 13.0. The smallest absolute Gasteiger partial charge is 0.00140 e. The van der Waals surface area contributed by atoms with Crippen molar-refractivity contribution in [2.24, 2.45) is 5.92 Å². The Bertz CT molecular complexity index is 326. The van der Waals surface area contributed by atoms with E-state index in [0.717, 1.165) is 25.4 Å². The molecule has 0 radical (unpaired) electrons. The van der Waals surface area contributed by atoms with Gasteiger partial charge in [-0.2, -0.15) is 0 Å². The van der Waals surface area contributed by atoms with Crippen LogP contribution >= 0.6 is 0 Å². The second-order valence-electron chi connectivity index (χ2n) is 4.70. The number of nitrogens with one attached hydrogen (secondary N) is 1. The summed E-state index contributed by atoms with van der Waals surface area (Å²) in [7, 11) is 0. The van der Waals surface area contributed by atoms with Crippen molar-refractivity contribution in [3.63, 3.8) is 0 Å². The van der Waals surface area contributed by atoms with E-state index in [2.05, 4.69) is 62.5 Å². The van der Waals surface area contributed by atoms with E-state index in [1.165, 1.54) is 11.1 Å². The Labute approximate surface area is 99.6 Å². The van der Waals surface area contributed by atoms with Crippen LogP contribution in [0.1, 0.15) is 31.4 Å². The molecule has 1 aromatic carbocycles. The predicted molar refractivity (Wildman–Crippen MR) is 72.5 cm³/mol. The van der Waals surface area contributed by atoms with E-state index in [4.69, 9.17) is 0 Å². The van der Waals surface area contributed by atoms with E-state index in [-0.39, 0.29) is 0 Å². The molecule has 1 heteroatoms. The van der Waals surface area contributed by atoms with E-state index in [9.17, 15) is 0 Å². The Balaban J connectivity index is 2.22. The first-order valence-electron chi connectivity index (χ1n) is 6.12. The van der Waals surface area contributed by atoms with Crippen LogP contribution in [0.25, 0.3) is 6.08 Å². The Morgan fingerprint density at radius 1 is 1.31 bits per heavy atom. The molecule has 0 heterocycles. The van der Waals surface area contributed by atoms with Crippen LogP contribution in [0.15, 0.2) is 30.3 Å². The van der Waals surface area contributed by atoms with Gasteiger partial charge in [0, 0.05) is 0 Å². The van der Waals surface area contributed by atoms with Crippen molar-refractivity contribution in [2.75, 3.05) is 13.1 Å². The molecule has 0 aliphatic heterocycles. The minimum atomic E-state index is 0.737. The van der Waals surface area contributed by atoms with Gasteiger partial charge in [0.25, 0.3) is 0 Å². The average molecular weight is 217 g/mol. The van der Waals surface area contributed by atoms with Crippen LogP contribution in [-0.4, -0.2) is 13.1 Å². The summed E-state index contributed by atoms with van der Waals surface area (Å²) in [4.78, 5) is 0. The molecule has 0 atom stereocenters. The van der Waals surface area contributed by atoms with Crippen molar-refractivity contribution in [3.8, 4) is 0 Å². The topological polar surface area (TPSA) is 12.0 Å². The Hall–Kier alpha value is -1.08. The first-order valence-corrected chi connectivity index (χ1v) is 6.12. The normalized spacial score (nSPS) is 11.5. The van der Waals surface area contributed by atoms with E-state index in [1.54, 1.807) is 0 Å². The summed E-state index contributed by atoms with van der Waals surface area (Å²) in [5, 5.41) is 3.43. The molecular formula is C15H23N. The molecule has 0 fully saturated rings. The second kappa shape index (κ2) is 7.24. The van der Waals surface area contributed by atoms with Crippen molar-refractivity contribution in [3.05, 3.63) is 41.5 Å². The van der Waals surface area contributed by atoms with Crippen molar-refractivity contribution in [1.82, 2.24) is 5.32 Å². The van der Waals surface area contributed by atoms with Gasteiger partial charge in [-0.1, -0.05) is 55.8 Å². The maximum absolute atomic E-state index is 3.43. The molecule has 1 aromatic rings. The van der Waals surface area contributed by atoms with Crippen molar-refractivity contribution in [2.45, 2.75) is 27.2 Å². The first-order chi connectivity index (χ1) is 7.68. The third-order valence-corrected chi connectivity index (χ3v) is 2.39. The second-order valence-corrected chi connectivity index (χ2v) is 4.70. The molecule has 0 saturated carbocycles. The van der Waals surface area contributed by atoms with Crippen LogP contribution in [0.3, 0.4) is 0 Å². The standard InChI is InChI=1S/C15H23N/c1-13(2)12-16-10-5-4-8-15-9-6-7-14(3)11-15/h4,6-9,11,13,16H,5,10,12H2,1-3H3. The maximum atomic E-state index is 3.43. The van der Waals surface area contributed by atoms with Gasteiger partial charge in [0.05, 0.1) is 0 Å². The van der Waals surface area contributed by atoms with E-state index < -0.39 is 0 Å². The van der Waals surface area contributed by atoms with Crippen LogP contribution in [0.2, 0.25) is 0 Å². The zero-order valence-electron chi connectivity index (χ0n) is 10.7. The van der Waals surface area contributed by atoms with Gasteiger partial charge in [-0.25, -0.2) is 0 Å². The summed E-state index contributed by atoms with van der Waals surface area (Å²) in [5.41, 5.74) is 2.61. The molecule has 0 spiro atoms. The van der Waals surface area contributed by atoms with Gasteiger partial charge < -0.3 is 5.32 Å². The third-order valence-electron chi connectivity index (χ3n) is 2.39. The average Bonchev–Trinajstić information content (AvgIpc) is 2.23. The summed E-state index contributed by atoms with van der Waals surface area (Å²) in [6.45, 7) is 8.77. The lowest BCUT2D eigenvalue weighted by atomic mass is 10.1. The van der Waals surface area contributed by atoms with Gasteiger partial charge in [-0.3, -0.25) is 0 Å². The summed E-state index contributed by atoms with van der Waals surface area (Å²) in [6, 6.07) is 8.58. The summed E-state index contributed by atoms with van der Waals surface area (Å²) >= 11 is 0. The van der Waals surface area contributed by atoms with Crippen molar-refractivity contribution < 1.29 is 0 Å². The maximum Gasteiger partial charge on any atom is -0.00140 e. The lowest BCUT2D eigenvalue weighted by Gasteiger charge is -2.04. The molecule has 0 unspecified atom stereocenters. The van der Waals surface area contributed by atoms with Crippen LogP contribution < -0.4 is 5.32 Å². The van der Waals surface area contributed by atoms with Crippen LogP contribution in [0.4, 0.5) is 0 Å². The number of hydrogen-bond donors (Lipinski definition) is 1. The minimum absolute atomic E-state index is 0.737. The van der Waals surface area contributed by atoms with E-state index in [0.29, 0.717) is 0 Å². The van der Waals surface area contributed by atoms with Gasteiger partial charge >= 0.3 is 0 Å². The molecule has 0 aliphatic rings. The lowest BCUT2D eigenvalue weighted by Crippen LogP contribution is -2.20. The number of hydrogen-bond acceptors (Lipinski definition) is 1. The van der Waals surface area contributed by atoms with Crippen molar-refractivity contribution in [1.29, 1.82) is 0 Å². The third kappa shape index (κ3) is 5.72. The Morgan fingerprint density at radius 2 is 2.12 bits per heavy atom.